The molecule has 2 rings (SSSR count). The minimum atomic E-state index is 0.161. The number of methoxy groups -OCH3 is 1. The monoisotopic (exact) mass is 254 g/mol. The van der Waals surface area contributed by atoms with E-state index >= 15 is 0 Å². The first kappa shape index (κ1) is 13.4. The Bertz CT molecular complexity index is 354. The number of hydrogen-bond donors (Lipinski definition) is 1. The van der Waals surface area contributed by atoms with Gasteiger partial charge in [-0.1, -0.05) is 6.92 Å². The Morgan fingerprint density at radius 2 is 2.28 bits per heavy atom. The van der Waals surface area contributed by atoms with Crippen LogP contribution in [0.15, 0.2) is 10.7 Å². The molecule has 0 spiro atoms. The van der Waals surface area contributed by atoms with Crippen LogP contribution in [0.3, 0.4) is 0 Å². The second kappa shape index (κ2) is 6.75. The van der Waals surface area contributed by atoms with Gasteiger partial charge in [0.15, 0.2) is 0 Å². The van der Waals surface area contributed by atoms with Crippen LogP contribution in [-0.4, -0.2) is 30.8 Å². The molecule has 1 N–H and O–H groups in total. The molecule has 5 nitrogen and oxygen atoms in total. The van der Waals surface area contributed by atoms with Gasteiger partial charge in [-0.2, -0.15) is 4.98 Å². The van der Waals surface area contributed by atoms with E-state index < -0.39 is 0 Å². The van der Waals surface area contributed by atoms with Gasteiger partial charge < -0.3 is 19.2 Å². The minimum absolute atomic E-state index is 0.161. The maximum absolute atomic E-state index is 5.76. The fourth-order valence-corrected chi connectivity index (χ4v) is 2.24. The van der Waals surface area contributed by atoms with Crippen LogP contribution in [0.4, 0.5) is 0 Å². The van der Waals surface area contributed by atoms with Crippen molar-refractivity contribution in [1.82, 2.24) is 10.3 Å². The second-order valence-electron chi connectivity index (χ2n) is 4.65. The van der Waals surface area contributed by atoms with Gasteiger partial charge in [-0.05, 0) is 25.8 Å². The van der Waals surface area contributed by atoms with Crippen LogP contribution in [-0.2, 0) is 11.3 Å². The molecule has 1 aromatic heterocycles. The summed E-state index contributed by atoms with van der Waals surface area (Å²) in [5.41, 5.74) is 0.881. The molecule has 0 bridgehead atoms. The van der Waals surface area contributed by atoms with Gasteiger partial charge in [-0.25, -0.2) is 0 Å². The first-order valence-electron chi connectivity index (χ1n) is 6.66. The molecular weight excluding hydrogens is 232 g/mol. The lowest BCUT2D eigenvalue weighted by Crippen LogP contribution is -2.29. The van der Waals surface area contributed by atoms with Gasteiger partial charge >= 0.3 is 6.08 Å². The molecule has 2 unspecified atom stereocenters. The van der Waals surface area contributed by atoms with Crippen molar-refractivity contribution in [3.63, 3.8) is 0 Å². The van der Waals surface area contributed by atoms with E-state index in [-0.39, 0.29) is 6.10 Å². The topological polar surface area (TPSA) is 56.5 Å². The lowest BCUT2D eigenvalue weighted by atomic mass is 9.95. The van der Waals surface area contributed by atoms with Crippen molar-refractivity contribution in [1.29, 1.82) is 0 Å². The molecule has 102 valence electrons. The molecule has 1 saturated carbocycles. The van der Waals surface area contributed by atoms with Crippen LogP contribution in [0.1, 0.15) is 38.3 Å². The predicted octanol–water partition coefficient (Wildman–Crippen LogP) is 2.12. The van der Waals surface area contributed by atoms with Gasteiger partial charge in [0.05, 0.1) is 11.8 Å². The SMILES string of the molecule is CCNCc1coc(OC2CCCC(OC)C2)n1. The lowest BCUT2D eigenvalue weighted by molar-refractivity contribution is 0.0111. The van der Waals surface area contributed by atoms with Gasteiger partial charge in [0.25, 0.3) is 0 Å². The second-order valence-corrected chi connectivity index (χ2v) is 4.65. The van der Waals surface area contributed by atoms with Crippen LogP contribution in [0.25, 0.3) is 0 Å². The number of aromatic nitrogens is 1. The highest BCUT2D eigenvalue weighted by atomic mass is 16.6. The van der Waals surface area contributed by atoms with Crippen molar-refractivity contribution in [3.8, 4) is 6.08 Å². The zero-order valence-corrected chi connectivity index (χ0v) is 11.1. The minimum Gasteiger partial charge on any atom is -0.447 e. The fourth-order valence-electron chi connectivity index (χ4n) is 2.24. The van der Waals surface area contributed by atoms with E-state index in [1.54, 1.807) is 13.4 Å². The molecule has 0 aliphatic heterocycles. The van der Waals surface area contributed by atoms with Crippen LogP contribution in [0, 0.1) is 0 Å². The summed E-state index contributed by atoms with van der Waals surface area (Å²) in [6.07, 6.45) is 6.71. The summed E-state index contributed by atoms with van der Waals surface area (Å²) in [5, 5.41) is 3.20. The maximum atomic E-state index is 5.76. The smallest absolute Gasteiger partial charge is 0.394 e. The third-order valence-electron chi connectivity index (χ3n) is 3.27. The average molecular weight is 254 g/mol. The summed E-state index contributed by atoms with van der Waals surface area (Å²) in [4.78, 5) is 4.30. The Morgan fingerprint density at radius 1 is 1.44 bits per heavy atom. The zero-order chi connectivity index (χ0) is 12.8. The van der Waals surface area contributed by atoms with Crippen molar-refractivity contribution >= 4 is 0 Å². The first-order chi connectivity index (χ1) is 8.81. The highest BCUT2D eigenvalue weighted by Gasteiger charge is 2.24. The molecule has 1 fully saturated rings. The third-order valence-corrected chi connectivity index (χ3v) is 3.27. The summed E-state index contributed by atoms with van der Waals surface area (Å²) in [7, 11) is 1.76. The summed E-state index contributed by atoms with van der Waals surface area (Å²) in [5.74, 6) is 0. The van der Waals surface area contributed by atoms with Gasteiger partial charge in [-0.15, -0.1) is 0 Å². The van der Waals surface area contributed by atoms with E-state index in [4.69, 9.17) is 13.9 Å². The molecule has 5 heteroatoms. The van der Waals surface area contributed by atoms with Gasteiger partial charge in [-0.3, -0.25) is 0 Å². The molecule has 18 heavy (non-hydrogen) atoms. The van der Waals surface area contributed by atoms with Crippen LogP contribution in [0.2, 0.25) is 0 Å². The molecule has 0 saturated heterocycles. The number of nitrogens with zero attached hydrogens (tertiary/aromatic N) is 1. The molecule has 1 heterocycles. The number of hydrogen-bond acceptors (Lipinski definition) is 5. The number of rotatable bonds is 6. The van der Waals surface area contributed by atoms with E-state index in [9.17, 15) is 0 Å². The Kier molecular flexibility index (Phi) is 5.01. The summed E-state index contributed by atoms with van der Waals surface area (Å²) >= 11 is 0. The quantitative estimate of drug-likeness (QED) is 0.842. The van der Waals surface area contributed by atoms with Crippen LogP contribution >= 0.6 is 0 Å². The van der Waals surface area contributed by atoms with E-state index in [0.717, 1.165) is 37.9 Å². The molecule has 1 aliphatic carbocycles. The molecule has 2 atom stereocenters. The number of nitrogens with one attached hydrogen (secondary N) is 1. The van der Waals surface area contributed by atoms with Crippen LogP contribution in [0.5, 0.6) is 6.08 Å². The van der Waals surface area contributed by atoms with Crippen molar-refractivity contribution < 1.29 is 13.9 Å². The largest absolute Gasteiger partial charge is 0.447 e. The maximum Gasteiger partial charge on any atom is 0.394 e. The van der Waals surface area contributed by atoms with Crippen LogP contribution < -0.4 is 10.1 Å². The fraction of sp³-hybridized carbons (Fsp3) is 0.769. The van der Waals surface area contributed by atoms with Gasteiger partial charge in [0.1, 0.15) is 12.4 Å². The molecular formula is C13H22N2O3. The highest BCUT2D eigenvalue weighted by Crippen LogP contribution is 2.24. The zero-order valence-electron chi connectivity index (χ0n) is 11.1. The summed E-state index contributed by atoms with van der Waals surface area (Å²) in [6.45, 7) is 3.69. The summed E-state index contributed by atoms with van der Waals surface area (Å²) in [6, 6.07) is 0. The molecule has 1 aromatic rings. The van der Waals surface area contributed by atoms with E-state index in [1.165, 1.54) is 0 Å². The van der Waals surface area contributed by atoms with Crippen molar-refractivity contribution in [2.45, 2.75) is 51.4 Å². The number of oxazole rings is 1. The molecule has 0 aromatic carbocycles. The Balaban J connectivity index is 1.83. The average Bonchev–Trinajstić information content (AvgIpc) is 2.84. The molecule has 1 aliphatic rings. The predicted molar refractivity (Wildman–Crippen MR) is 67.6 cm³/mol. The normalized spacial score (nSPS) is 24.1. The Morgan fingerprint density at radius 3 is 3.06 bits per heavy atom. The standard InChI is InChI=1S/C13H22N2O3/c1-3-14-8-10-9-17-13(15-10)18-12-6-4-5-11(7-12)16-2/h9,11-12,14H,3-8H2,1-2H3. The molecule has 0 radical (unpaired) electrons. The first-order valence-corrected chi connectivity index (χ1v) is 6.66. The van der Waals surface area contributed by atoms with Crippen molar-refractivity contribution in [2.75, 3.05) is 13.7 Å². The number of ether oxygens (including phenoxy) is 2. The lowest BCUT2D eigenvalue weighted by Gasteiger charge is -2.27. The third kappa shape index (κ3) is 3.71. The van der Waals surface area contributed by atoms with E-state index in [2.05, 4.69) is 17.2 Å². The van der Waals surface area contributed by atoms with Crippen molar-refractivity contribution in [3.05, 3.63) is 12.0 Å². The van der Waals surface area contributed by atoms with Gasteiger partial charge in [0.2, 0.25) is 0 Å². The van der Waals surface area contributed by atoms with Gasteiger partial charge in [0, 0.05) is 20.1 Å². The summed E-state index contributed by atoms with van der Waals surface area (Å²) < 4.78 is 16.5. The van der Waals surface area contributed by atoms with E-state index in [1.807, 2.05) is 0 Å². The van der Waals surface area contributed by atoms with Crippen molar-refractivity contribution in [2.24, 2.45) is 0 Å². The highest BCUT2D eigenvalue weighted by molar-refractivity contribution is 5.00. The van der Waals surface area contributed by atoms with E-state index in [0.29, 0.717) is 18.7 Å². The molecule has 0 amide bonds. The Labute approximate surface area is 108 Å². The Hall–Kier alpha value is -1.07.